The van der Waals surface area contributed by atoms with E-state index in [1.54, 1.807) is 17.0 Å². The second-order valence-corrected chi connectivity index (χ2v) is 6.36. The molecule has 0 saturated carbocycles. The molecule has 120 valence electrons. The number of rotatable bonds is 4. The van der Waals surface area contributed by atoms with Crippen LogP contribution in [0.2, 0.25) is 5.02 Å². The van der Waals surface area contributed by atoms with Crippen LogP contribution in [0.15, 0.2) is 42.5 Å². The van der Waals surface area contributed by atoms with Crippen molar-refractivity contribution in [3.05, 3.63) is 64.2 Å². The lowest BCUT2D eigenvalue weighted by Gasteiger charge is -2.25. The summed E-state index contributed by atoms with van der Waals surface area (Å²) in [6.45, 7) is 1.95. The lowest BCUT2D eigenvalue weighted by Crippen LogP contribution is -2.34. The molecule has 1 aliphatic rings. The smallest absolute Gasteiger partial charge is 0.260 e. The predicted molar refractivity (Wildman–Crippen MR) is 92.0 cm³/mol. The Morgan fingerprint density at radius 3 is 2.87 bits per heavy atom. The fourth-order valence-corrected chi connectivity index (χ4v) is 3.18. The van der Waals surface area contributed by atoms with Gasteiger partial charge >= 0.3 is 0 Å². The molecule has 4 heteroatoms. The Kier molecular flexibility index (Phi) is 4.58. The minimum atomic E-state index is -0.0145. The highest BCUT2D eigenvalue weighted by molar-refractivity contribution is 6.31. The van der Waals surface area contributed by atoms with Crippen LogP contribution in [0, 0.1) is 6.92 Å². The summed E-state index contributed by atoms with van der Waals surface area (Å²) in [6.07, 6.45) is 2.00. The molecule has 0 bridgehead atoms. The monoisotopic (exact) mass is 329 g/mol. The zero-order valence-corrected chi connectivity index (χ0v) is 14.1. The molecular formula is C19H20ClNO2. The van der Waals surface area contributed by atoms with Gasteiger partial charge in [0.15, 0.2) is 6.61 Å². The number of nitrogens with zero attached hydrogens (tertiary/aromatic N) is 1. The van der Waals surface area contributed by atoms with E-state index in [2.05, 4.69) is 18.2 Å². The lowest BCUT2D eigenvalue weighted by atomic mass is 10.1. The molecule has 0 radical (unpaired) electrons. The van der Waals surface area contributed by atoms with Crippen molar-refractivity contribution in [1.82, 2.24) is 4.90 Å². The minimum absolute atomic E-state index is 0.0145. The Morgan fingerprint density at radius 1 is 1.30 bits per heavy atom. The number of likely N-dealkylation sites (N-methyl/N-ethyl adjacent to an activating group) is 1. The highest BCUT2D eigenvalue weighted by atomic mass is 35.5. The van der Waals surface area contributed by atoms with Crippen molar-refractivity contribution in [3.63, 3.8) is 0 Å². The van der Waals surface area contributed by atoms with Gasteiger partial charge in [0, 0.05) is 12.1 Å². The number of hydrogen-bond donors (Lipinski definition) is 0. The van der Waals surface area contributed by atoms with Crippen molar-refractivity contribution in [2.75, 3.05) is 13.7 Å². The maximum atomic E-state index is 12.4. The Balaban J connectivity index is 1.63. The van der Waals surface area contributed by atoms with Gasteiger partial charge in [0.25, 0.3) is 5.91 Å². The Morgan fingerprint density at radius 2 is 2.09 bits per heavy atom. The van der Waals surface area contributed by atoms with Gasteiger partial charge in [-0.1, -0.05) is 35.9 Å². The normalized spacial score (nSPS) is 16.0. The fourth-order valence-electron chi connectivity index (χ4n) is 3.06. The summed E-state index contributed by atoms with van der Waals surface area (Å²) in [7, 11) is 1.85. The van der Waals surface area contributed by atoms with Gasteiger partial charge in [0.2, 0.25) is 0 Å². The van der Waals surface area contributed by atoms with Crippen LogP contribution in [0.3, 0.4) is 0 Å². The van der Waals surface area contributed by atoms with Crippen molar-refractivity contribution in [3.8, 4) is 5.75 Å². The number of fused-ring (bicyclic) bond motifs is 1. The van der Waals surface area contributed by atoms with Crippen molar-refractivity contribution >= 4 is 17.5 Å². The summed E-state index contributed by atoms with van der Waals surface area (Å²) in [5, 5.41) is 0.698. The molecule has 0 spiro atoms. The van der Waals surface area contributed by atoms with E-state index in [1.165, 1.54) is 11.1 Å². The van der Waals surface area contributed by atoms with Gasteiger partial charge in [-0.3, -0.25) is 4.79 Å². The number of carbonyl (C=O) groups excluding carboxylic acids is 1. The average molecular weight is 330 g/mol. The summed E-state index contributed by atoms with van der Waals surface area (Å²) in [5.41, 5.74) is 3.53. The van der Waals surface area contributed by atoms with E-state index < -0.39 is 0 Å². The SMILES string of the molecule is Cc1cc(OCC(=O)N(C)C2CCc3ccccc32)ccc1Cl. The first-order valence-electron chi connectivity index (χ1n) is 7.78. The quantitative estimate of drug-likeness (QED) is 0.842. The zero-order valence-electron chi connectivity index (χ0n) is 13.4. The predicted octanol–water partition coefficient (Wildman–Crippen LogP) is 4.17. The molecule has 3 nitrogen and oxygen atoms in total. The third kappa shape index (κ3) is 3.35. The number of hydrogen-bond acceptors (Lipinski definition) is 2. The van der Waals surface area contributed by atoms with Crippen molar-refractivity contribution in [2.24, 2.45) is 0 Å². The summed E-state index contributed by atoms with van der Waals surface area (Å²) in [4.78, 5) is 14.2. The standard InChI is InChI=1S/C19H20ClNO2/c1-13-11-15(8-9-17(13)20)23-12-19(22)21(2)18-10-7-14-5-3-4-6-16(14)18/h3-6,8-9,11,18H,7,10,12H2,1-2H3. The van der Waals surface area contributed by atoms with E-state index >= 15 is 0 Å². The number of ether oxygens (including phenoxy) is 1. The van der Waals surface area contributed by atoms with Crippen LogP contribution in [0.5, 0.6) is 5.75 Å². The van der Waals surface area contributed by atoms with Crippen molar-refractivity contribution in [1.29, 1.82) is 0 Å². The highest BCUT2D eigenvalue weighted by Gasteiger charge is 2.28. The summed E-state index contributed by atoms with van der Waals surface area (Å²) in [5.74, 6) is 0.653. The largest absolute Gasteiger partial charge is 0.484 e. The first-order chi connectivity index (χ1) is 11.1. The molecule has 3 rings (SSSR count). The maximum absolute atomic E-state index is 12.4. The van der Waals surface area contributed by atoms with Gasteiger partial charge in [-0.15, -0.1) is 0 Å². The molecule has 0 N–H and O–H groups in total. The van der Waals surface area contributed by atoms with Gasteiger partial charge < -0.3 is 9.64 Å². The van der Waals surface area contributed by atoms with E-state index in [0.29, 0.717) is 10.8 Å². The third-order valence-electron chi connectivity index (χ3n) is 4.45. The highest BCUT2D eigenvalue weighted by Crippen LogP contribution is 2.34. The van der Waals surface area contributed by atoms with Crippen molar-refractivity contribution < 1.29 is 9.53 Å². The van der Waals surface area contributed by atoms with Crippen LogP contribution in [0.4, 0.5) is 0 Å². The molecule has 1 unspecified atom stereocenters. The molecule has 0 saturated heterocycles. The van der Waals surface area contributed by atoms with Gasteiger partial charge in [-0.2, -0.15) is 0 Å². The van der Waals surface area contributed by atoms with Crippen LogP contribution < -0.4 is 4.74 Å². The lowest BCUT2D eigenvalue weighted by molar-refractivity contribution is -0.134. The molecule has 23 heavy (non-hydrogen) atoms. The molecule has 2 aromatic rings. The number of halogens is 1. The second-order valence-electron chi connectivity index (χ2n) is 5.96. The van der Waals surface area contributed by atoms with Gasteiger partial charge in [-0.25, -0.2) is 0 Å². The fraction of sp³-hybridized carbons (Fsp3) is 0.316. The number of amides is 1. The van der Waals surface area contributed by atoms with E-state index in [1.807, 2.05) is 26.1 Å². The van der Waals surface area contributed by atoms with Crippen LogP contribution in [0.1, 0.15) is 29.2 Å². The van der Waals surface area contributed by atoms with Crippen LogP contribution in [-0.2, 0) is 11.2 Å². The molecule has 0 aliphatic heterocycles. The van der Waals surface area contributed by atoms with Crippen LogP contribution >= 0.6 is 11.6 Å². The Bertz CT molecular complexity index is 729. The molecule has 0 aromatic heterocycles. The average Bonchev–Trinajstić information content (AvgIpc) is 2.99. The Hall–Kier alpha value is -2.00. The first-order valence-corrected chi connectivity index (χ1v) is 8.16. The zero-order chi connectivity index (χ0) is 16.4. The molecule has 2 aromatic carbocycles. The van der Waals surface area contributed by atoms with Gasteiger partial charge in [-0.05, 0) is 54.7 Å². The van der Waals surface area contributed by atoms with E-state index in [4.69, 9.17) is 16.3 Å². The van der Waals surface area contributed by atoms with E-state index in [9.17, 15) is 4.79 Å². The molecule has 1 aliphatic carbocycles. The van der Waals surface area contributed by atoms with Gasteiger partial charge in [0.1, 0.15) is 5.75 Å². The first kappa shape index (κ1) is 15.9. The molecule has 1 amide bonds. The second kappa shape index (κ2) is 6.63. The Labute approximate surface area is 141 Å². The van der Waals surface area contributed by atoms with Crippen LogP contribution in [-0.4, -0.2) is 24.5 Å². The maximum Gasteiger partial charge on any atom is 0.260 e. The van der Waals surface area contributed by atoms with Crippen LogP contribution in [0.25, 0.3) is 0 Å². The van der Waals surface area contributed by atoms with Crippen molar-refractivity contribution in [2.45, 2.75) is 25.8 Å². The molecule has 0 fully saturated rings. The van der Waals surface area contributed by atoms with E-state index in [-0.39, 0.29) is 18.6 Å². The van der Waals surface area contributed by atoms with Gasteiger partial charge in [0.05, 0.1) is 6.04 Å². The molecule has 0 heterocycles. The summed E-state index contributed by atoms with van der Waals surface area (Å²) >= 11 is 6.00. The number of carbonyl (C=O) groups is 1. The topological polar surface area (TPSA) is 29.5 Å². The van der Waals surface area contributed by atoms with E-state index in [0.717, 1.165) is 18.4 Å². The molecule has 1 atom stereocenters. The summed E-state index contributed by atoms with van der Waals surface area (Å²) < 4.78 is 5.62. The summed E-state index contributed by atoms with van der Waals surface area (Å²) in [6, 6.07) is 13.9. The third-order valence-corrected chi connectivity index (χ3v) is 4.88. The molecular weight excluding hydrogens is 310 g/mol. The number of aryl methyl sites for hydroxylation is 2. The number of benzene rings is 2. The minimum Gasteiger partial charge on any atom is -0.484 e.